The number of rotatable bonds is 0. The Kier molecular flexibility index (Phi) is 2.00. The maximum Gasteiger partial charge on any atom is 0.231 e. The second-order valence-corrected chi connectivity index (χ2v) is 3.87. The van der Waals surface area contributed by atoms with Crippen LogP contribution in [0.25, 0.3) is 0 Å². The van der Waals surface area contributed by atoms with Crippen molar-refractivity contribution in [3.63, 3.8) is 0 Å². The lowest BCUT2D eigenvalue weighted by atomic mass is 9.83. The van der Waals surface area contributed by atoms with Gasteiger partial charge in [-0.25, -0.2) is 0 Å². The fourth-order valence-corrected chi connectivity index (χ4v) is 2.28. The van der Waals surface area contributed by atoms with Crippen molar-refractivity contribution in [2.24, 2.45) is 5.92 Å². The summed E-state index contributed by atoms with van der Waals surface area (Å²) in [6, 6.07) is 0.306. The zero-order valence-electron chi connectivity index (χ0n) is 6.80. The summed E-state index contributed by atoms with van der Waals surface area (Å²) < 4.78 is 0. The summed E-state index contributed by atoms with van der Waals surface area (Å²) in [7, 11) is 0. The van der Waals surface area contributed by atoms with E-state index in [0.717, 1.165) is 12.8 Å². The summed E-state index contributed by atoms with van der Waals surface area (Å²) in [4.78, 5) is 11.4. The minimum Gasteiger partial charge on any atom is -0.359 e. The average molecular weight is 184 g/mol. The number of fused-ring (bicyclic) bond motifs is 1. The van der Waals surface area contributed by atoms with Crippen LogP contribution in [0.1, 0.15) is 25.7 Å². The zero-order valence-corrected chi connectivity index (χ0v) is 7.62. The van der Waals surface area contributed by atoms with Crippen LogP contribution in [-0.4, -0.2) is 17.1 Å². The Morgan fingerprint density at radius 1 is 1.33 bits per heavy atom. The second kappa shape index (κ2) is 3.01. The fraction of sp³-hybridized carbons (Fsp3) is 0.750. The zero-order chi connectivity index (χ0) is 8.55. The Bertz CT molecular complexity index is 229. The maximum atomic E-state index is 11.4. The van der Waals surface area contributed by atoms with Crippen molar-refractivity contribution in [1.29, 1.82) is 0 Å². The van der Waals surface area contributed by atoms with Crippen LogP contribution in [-0.2, 0) is 4.79 Å². The van der Waals surface area contributed by atoms with Crippen LogP contribution >= 0.6 is 12.2 Å². The van der Waals surface area contributed by atoms with Gasteiger partial charge in [0, 0.05) is 6.04 Å². The number of thiocarbonyl (C=S) groups is 1. The van der Waals surface area contributed by atoms with E-state index in [-0.39, 0.29) is 11.8 Å². The summed E-state index contributed by atoms with van der Waals surface area (Å²) in [6.07, 6.45) is 4.47. The van der Waals surface area contributed by atoms with Crippen LogP contribution in [0.5, 0.6) is 0 Å². The average Bonchev–Trinajstić information content (AvgIpc) is 2.04. The van der Waals surface area contributed by atoms with Gasteiger partial charge in [-0.15, -0.1) is 0 Å². The van der Waals surface area contributed by atoms with Crippen LogP contribution in [0.4, 0.5) is 0 Å². The summed E-state index contributed by atoms with van der Waals surface area (Å²) in [5.74, 6) is 0.272. The molecular weight excluding hydrogens is 172 g/mol. The predicted octanol–water partition coefficient (Wildman–Crippen LogP) is 0.549. The highest BCUT2D eigenvalue weighted by Crippen LogP contribution is 2.26. The highest BCUT2D eigenvalue weighted by molar-refractivity contribution is 7.80. The van der Waals surface area contributed by atoms with E-state index >= 15 is 0 Å². The van der Waals surface area contributed by atoms with E-state index in [9.17, 15) is 4.79 Å². The third kappa shape index (κ3) is 1.31. The van der Waals surface area contributed by atoms with Gasteiger partial charge in [-0.1, -0.05) is 12.8 Å². The predicted molar refractivity (Wildman–Crippen MR) is 49.6 cm³/mol. The first-order valence-electron chi connectivity index (χ1n) is 4.39. The van der Waals surface area contributed by atoms with E-state index < -0.39 is 0 Å². The van der Waals surface area contributed by atoms with Gasteiger partial charge in [0.05, 0.1) is 5.92 Å². The second-order valence-electron chi connectivity index (χ2n) is 3.46. The first-order chi connectivity index (χ1) is 5.77. The highest BCUT2D eigenvalue weighted by atomic mass is 32.1. The summed E-state index contributed by atoms with van der Waals surface area (Å²) >= 11 is 4.91. The summed E-state index contributed by atoms with van der Waals surface area (Å²) in [5, 5.41) is 6.31. The molecule has 2 fully saturated rings. The van der Waals surface area contributed by atoms with E-state index in [4.69, 9.17) is 12.2 Å². The lowest BCUT2D eigenvalue weighted by Crippen LogP contribution is -2.58. The van der Waals surface area contributed by atoms with Crippen molar-refractivity contribution < 1.29 is 4.79 Å². The summed E-state index contributed by atoms with van der Waals surface area (Å²) in [5.41, 5.74) is 0. The molecule has 0 aromatic carbocycles. The minimum absolute atomic E-state index is 0.114. The molecule has 1 saturated heterocycles. The number of carbonyl (C=O) groups is 1. The lowest BCUT2D eigenvalue weighted by molar-refractivity contribution is -0.126. The first-order valence-corrected chi connectivity index (χ1v) is 4.79. The molecule has 66 valence electrons. The third-order valence-electron chi connectivity index (χ3n) is 2.66. The highest BCUT2D eigenvalue weighted by Gasteiger charge is 2.35. The minimum atomic E-state index is 0.114. The molecule has 1 amide bonds. The van der Waals surface area contributed by atoms with Gasteiger partial charge in [0.1, 0.15) is 0 Å². The standard InChI is InChI=1S/C8H12N2OS/c11-7-5-3-1-2-4-6(5)9-8(12)10-7/h5-6H,1-4H2,(H2,9,10,11,12)/t5-,6-/m0/s1. The molecule has 2 aliphatic rings. The van der Waals surface area contributed by atoms with Gasteiger partial charge in [0.2, 0.25) is 5.91 Å². The van der Waals surface area contributed by atoms with Gasteiger partial charge >= 0.3 is 0 Å². The fourth-order valence-electron chi connectivity index (χ4n) is 2.03. The van der Waals surface area contributed by atoms with Crippen LogP contribution in [0.2, 0.25) is 0 Å². The number of carbonyl (C=O) groups excluding carboxylic acids is 1. The molecule has 0 unspecified atom stereocenters. The van der Waals surface area contributed by atoms with Gasteiger partial charge in [-0.05, 0) is 25.1 Å². The molecule has 0 aromatic heterocycles. The molecule has 2 rings (SSSR count). The largest absolute Gasteiger partial charge is 0.359 e. The molecule has 0 bridgehead atoms. The van der Waals surface area contributed by atoms with Crippen molar-refractivity contribution in [3.05, 3.63) is 0 Å². The molecule has 1 heterocycles. The molecule has 1 saturated carbocycles. The Morgan fingerprint density at radius 2 is 2.08 bits per heavy atom. The van der Waals surface area contributed by atoms with E-state index in [1.54, 1.807) is 0 Å². The van der Waals surface area contributed by atoms with E-state index in [1.807, 2.05) is 0 Å². The molecule has 1 aliphatic heterocycles. The van der Waals surface area contributed by atoms with Crippen molar-refractivity contribution in [3.8, 4) is 0 Å². The van der Waals surface area contributed by atoms with Gasteiger partial charge in [0.15, 0.2) is 5.11 Å². The Balaban J connectivity index is 2.11. The van der Waals surface area contributed by atoms with Crippen molar-refractivity contribution >= 4 is 23.2 Å². The molecule has 1 aliphatic carbocycles. The maximum absolute atomic E-state index is 11.4. The first kappa shape index (κ1) is 7.98. The molecule has 3 nitrogen and oxygen atoms in total. The normalized spacial score (nSPS) is 35.0. The Morgan fingerprint density at radius 3 is 2.92 bits per heavy atom. The number of nitrogens with one attached hydrogen (secondary N) is 2. The molecule has 2 atom stereocenters. The molecule has 12 heavy (non-hydrogen) atoms. The van der Waals surface area contributed by atoms with Crippen molar-refractivity contribution in [1.82, 2.24) is 10.6 Å². The Hall–Kier alpha value is -0.640. The molecular formula is C8H12N2OS. The molecule has 2 N–H and O–H groups in total. The Labute approximate surface area is 76.9 Å². The lowest BCUT2D eigenvalue weighted by Gasteiger charge is -2.36. The number of hydrogen-bond acceptors (Lipinski definition) is 2. The van der Waals surface area contributed by atoms with Crippen LogP contribution in [0.15, 0.2) is 0 Å². The van der Waals surface area contributed by atoms with E-state index in [2.05, 4.69) is 10.6 Å². The smallest absolute Gasteiger partial charge is 0.231 e. The molecule has 0 spiro atoms. The van der Waals surface area contributed by atoms with Crippen LogP contribution in [0, 0.1) is 5.92 Å². The summed E-state index contributed by atoms with van der Waals surface area (Å²) in [6.45, 7) is 0. The van der Waals surface area contributed by atoms with Crippen molar-refractivity contribution in [2.45, 2.75) is 31.7 Å². The molecule has 0 aromatic rings. The molecule has 0 radical (unpaired) electrons. The monoisotopic (exact) mass is 184 g/mol. The van der Waals surface area contributed by atoms with E-state index in [0.29, 0.717) is 11.2 Å². The van der Waals surface area contributed by atoms with Crippen molar-refractivity contribution in [2.75, 3.05) is 0 Å². The van der Waals surface area contributed by atoms with Gasteiger partial charge < -0.3 is 10.6 Å². The molecule has 4 heteroatoms. The topological polar surface area (TPSA) is 41.1 Å². The van der Waals surface area contributed by atoms with Gasteiger partial charge in [0.25, 0.3) is 0 Å². The van der Waals surface area contributed by atoms with Gasteiger partial charge in [-0.2, -0.15) is 0 Å². The van der Waals surface area contributed by atoms with Crippen LogP contribution < -0.4 is 10.6 Å². The number of amides is 1. The number of hydrogen-bond donors (Lipinski definition) is 2. The van der Waals surface area contributed by atoms with E-state index in [1.165, 1.54) is 12.8 Å². The van der Waals surface area contributed by atoms with Gasteiger partial charge in [-0.3, -0.25) is 4.79 Å². The SMILES string of the molecule is O=C1NC(=S)N[C@H]2CCCC[C@H]12. The van der Waals surface area contributed by atoms with Crippen LogP contribution in [0.3, 0.4) is 0 Å². The quantitative estimate of drug-likeness (QED) is 0.540. The third-order valence-corrected chi connectivity index (χ3v) is 2.88.